The molecule has 2 aliphatic carbocycles. The van der Waals surface area contributed by atoms with Crippen molar-refractivity contribution in [2.45, 2.75) is 12.5 Å². The van der Waals surface area contributed by atoms with Crippen molar-refractivity contribution >= 4 is 17.7 Å². The topological polar surface area (TPSA) is 43.8 Å². The number of carboxylic acids is 1. The van der Waals surface area contributed by atoms with Crippen molar-refractivity contribution in [3.8, 4) is 0 Å². The Morgan fingerprint density at radius 3 is 2.79 bits per heavy atom. The van der Waals surface area contributed by atoms with Gasteiger partial charge >= 0.3 is 5.97 Å². The van der Waals surface area contributed by atoms with E-state index in [2.05, 4.69) is 52.6 Å². The molecule has 24 heavy (non-hydrogen) atoms. The number of rotatable bonds is 3. The molecule has 1 fully saturated rings. The largest absolute Gasteiger partial charge is 0.480 e. The first-order chi connectivity index (χ1) is 11.6. The van der Waals surface area contributed by atoms with E-state index in [0.29, 0.717) is 0 Å². The standard InChI is InChI=1S/C19H22N2O2S/c1-20-9-11-21(12-10-20)16(18(22)23)15-6-4-8-19-7-3-2-5-14(19)13-24-17(15)19/h2-7,13,16H,8-12H2,1H3,(H,22,23). The van der Waals surface area contributed by atoms with Crippen molar-refractivity contribution in [1.29, 1.82) is 0 Å². The fourth-order valence-electron chi connectivity index (χ4n) is 4.04. The third kappa shape index (κ3) is 2.42. The van der Waals surface area contributed by atoms with Gasteiger partial charge in [-0.05, 0) is 30.0 Å². The Balaban J connectivity index is 1.73. The van der Waals surface area contributed by atoms with Gasteiger partial charge in [-0.2, -0.15) is 0 Å². The van der Waals surface area contributed by atoms with E-state index in [9.17, 15) is 9.90 Å². The highest BCUT2D eigenvalue weighted by molar-refractivity contribution is 8.06. The van der Waals surface area contributed by atoms with Crippen LogP contribution in [0.15, 0.2) is 57.9 Å². The smallest absolute Gasteiger partial charge is 0.325 e. The quantitative estimate of drug-likeness (QED) is 0.854. The summed E-state index contributed by atoms with van der Waals surface area (Å²) in [5, 5.41) is 12.2. The molecule has 5 heteroatoms. The SMILES string of the molecule is CN1CCN(C(C(=O)O)C2=C3SC=C4C=CC=CC43CC=C2)CC1. The molecule has 126 valence electrons. The molecule has 1 spiro atoms. The van der Waals surface area contributed by atoms with E-state index in [1.54, 1.807) is 11.8 Å². The maximum absolute atomic E-state index is 12.1. The zero-order chi connectivity index (χ0) is 16.7. The summed E-state index contributed by atoms with van der Waals surface area (Å²) in [7, 11) is 2.09. The van der Waals surface area contributed by atoms with E-state index >= 15 is 0 Å². The monoisotopic (exact) mass is 342 g/mol. The molecule has 0 amide bonds. The zero-order valence-corrected chi connectivity index (χ0v) is 14.6. The van der Waals surface area contributed by atoms with E-state index in [0.717, 1.165) is 38.2 Å². The molecular formula is C19H22N2O2S. The van der Waals surface area contributed by atoms with Gasteiger partial charge in [0.15, 0.2) is 0 Å². The van der Waals surface area contributed by atoms with Crippen molar-refractivity contribution in [3.05, 3.63) is 57.9 Å². The van der Waals surface area contributed by atoms with E-state index in [1.165, 1.54) is 10.5 Å². The molecule has 0 radical (unpaired) electrons. The van der Waals surface area contributed by atoms with Crippen LogP contribution >= 0.6 is 11.8 Å². The number of likely N-dealkylation sites (N-methyl/N-ethyl adjacent to an activating group) is 1. The number of hydrogen-bond donors (Lipinski definition) is 1. The van der Waals surface area contributed by atoms with Crippen LogP contribution in [0.3, 0.4) is 0 Å². The van der Waals surface area contributed by atoms with Crippen molar-refractivity contribution in [2.75, 3.05) is 33.2 Å². The Labute approximate surface area is 146 Å². The molecular weight excluding hydrogens is 320 g/mol. The highest BCUT2D eigenvalue weighted by Crippen LogP contribution is 2.58. The summed E-state index contributed by atoms with van der Waals surface area (Å²) in [5.41, 5.74) is 2.12. The van der Waals surface area contributed by atoms with Gasteiger partial charge in [-0.25, -0.2) is 0 Å². The number of carbonyl (C=O) groups is 1. The molecule has 1 saturated heterocycles. The Morgan fingerprint density at radius 1 is 1.25 bits per heavy atom. The molecule has 4 aliphatic rings. The van der Waals surface area contributed by atoms with Crippen LogP contribution in [0.2, 0.25) is 0 Å². The summed E-state index contributed by atoms with van der Waals surface area (Å²) in [6, 6.07) is -0.554. The fraction of sp³-hybridized carbons (Fsp3) is 0.421. The van der Waals surface area contributed by atoms with E-state index < -0.39 is 12.0 Å². The second-order valence-electron chi connectivity index (χ2n) is 6.85. The summed E-state index contributed by atoms with van der Waals surface area (Å²) in [5.74, 6) is -0.742. The molecule has 2 aliphatic heterocycles. The first kappa shape index (κ1) is 15.9. The normalized spacial score (nSPS) is 31.0. The van der Waals surface area contributed by atoms with Gasteiger partial charge in [0.1, 0.15) is 6.04 Å². The number of allylic oxidation sites excluding steroid dienone is 7. The average molecular weight is 342 g/mol. The third-order valence-electron chi connectivity index (χ3n) is 5.42. The van der Waals surface area contributed by atoms with E-state index in [4.69, 9.17) is 0 Å². The van der Waals surface area contributed by atoms with Crippen LogP contribution in [-0.2, 0) is 4.79 Å². The van der Waals surface area contributed by atoms with Crippen molar-refractivity contribution in [3.63, 3.8) is 0 Å². The molecule has 4 nitrogen and oxygen atoms in total. The average Bonchev–Trinajstić information content (AvgIpc) is 2.97. The van der Waals surface area contributed by atoms with Gasteiger partial charge in [-0.3, -0.25) is 9.69 Å². The summed E-state index contributed by atoms with van der Waals surface area (Å²) in [6.07, 6.45) is 13.7. The van der Waals surface area contributed by atoms with Gasteiger partial charge in [0.2, 0.25) is 0 Å². The number of nitrogens with zero attached hydrogens (tertiary/aromatic N) is 2. The molecule has 2 atom stereocenters. The predicted octanol–water partition coefficient (Wildman–Crippen LogP) is 2.64. The van der Waals surface area contributed by atoms with Crippen molar-refractivity contribution in [2.24, 2.45) is 5.41 Å². The molecule has 4 rings (SSSR count). The van der Waals surface area contributed by atoms with Gasteiger partial charge in [-0.15, -0.1) is 11.8 Å². The summed E-state index contributed by atoms with van der Waals surface area (Å²) < 4.78 is 0. The molecule has 0 aromatic heterocycles. The fourth-order valence-corrected chi connectivity index (χ4v) is 5.36. The maximum atomic E-state index is 12.1. The van der Waals surface area contributed by atoms with Crippen LogP contribution in [-0.4, -0.2) is 60.1 Å². The molecule has 0 aromatic rings. The number of aliphatic carboxylic acids is 1. The van der Waals surface area contributed by atoms with Gasteiger partial charge in [0.05, 0.1) is 0 Å². The van der Waals surface area contributed by atoms with Gasteiger partial charge in [0.25, 0.3) is 0 Å². The van der Waals surface area contributed by atoms with E-state index in [-0.39, 0.29) is 5.41 Å². The van der Waals surface area contributed by atoms with Crippen LogP contribution in [0.25, 0.3) is 0 Å². The molecule has 2 unspecified atom stereocenters. The van der Waals surface area contributed by atoms with Crippen LogP contribution < -0.4 is 0 Å². The van der Waals surface area contributed by atoms with Gasteiger partial charge < -0.3 is 10.0 Å². The summed E-state index contributed by atoms with van der Waals surface area (Å²) in [6.45, 7) is 3.43. The number of piperazine rings is 1. The van der Waals surface area contributed by atoms with E-state index in [1.807, 2.05) is 6.08 Å². The minimum Gasteiger partial charge on any atom is -0.480 e. The van der Waals surface area contributed by atoms with Crippen LogP contribution in [0.1, 0.15) is 6.42 Å². The number of thioether (sulfide) groups is 1. The Kier molecular flexibility index (Phi) is 4.03. The predicted molar refractivity (Wildman–Crippen MR) is 97.7 cm³/mol. The minimum absolute atomic E-state index is 0.135. The first-order valence-electron chi connectivity index (χ1n) is 8.42. The third-order valence-corrected chi connectivity index (χ3v) is 6.63. The lowest BCUT2D eigenvalue weighted by molar-refractivity contribution is -0.142. The molecule has 1 N–H and O–H groups in total. The highest BCUT2D eigenvalue weighted by Gasteiger charge is 2.45. The second-order valence-corrected chi connectivity index (χ2v) is 7.73. The number of hydrogen-bond acceptors (Lipinski definition) is 4. The van der Waals surface area contributed by atoms with Crippen molar-refractivity contribution < 1.29 is 9.90 Å². The summed E-state index contributed by atoms with van der Waals surface area (Å²) >= 11 is 1.70. The number of carboxylic acid groups (broad SMARTS) is 1. The Morgan fingerprint density at radius 2 is 2.04 bits per heavy atom. The molecule has 0 aromatic carbocycles. The van der Waals surface area contributed by atoms with Gasteiger partial charge in [0, 0.05) is 36.5 Å². The maximum Gasteiger partial charge on any atom is 0.325 e. The molecule has 0 saturated carbocycles. The Bertz CT molecular complexity index is 711. The van der Waals surface area contributed by atoms with Crippen LogP contribution in [0.4, 0.5) is 0 Å². The zero-order valence-electron chi connectivity index (χ0n) is 13.8. The Hall–Kier alpha value is -1.56. The van der Waals surface area contributed by atoms with Gasteiger partial charge in [-0.1, -0.05) is 36.5 Å². The van der Waals surface area contributed by atoms with Crippen LogP contribution in [0, 0.1) is 5.41 Å². The minimum atomic E-state index is -0.742. The highest BCUT2D eigenvalue weighted by atomic mass is 32.2. The second kappa shape index (κ2) is 6.06. The lowest BCUT2D eigenvalue weighted by Gasteiger charge is -2.40. The summed E-state index contributed by atoms with van der Waals surface area (Å²) in [4.78, 5) is 17.7. The first-order valence-corrected chi connectivity index (χ1v) is 9.29. The lowest BCUT2D eigenvalue weighted by atomic mass is 9.71. The van der Waals surface area contributed by atoms with Crippen LogP contribution in [0.5, 0.6) is 0 Å². The molecule has 0 bridgehead atoms. The lowest BCUT2D eigenvalue weighted by Crippen LogP contribution is -2.52. The van der Waals surface area contributed by atoms with Crippen molar-refractivity contribution in [1.82, 2.24) is 9.80 Å². The molecule has 2 heterocycles.